The van der Waals surface area contributed by atoms with Crippen LogP contribution >= 0.6 is 0 Å². The highest BCUT2D eigenvalue weighted by atomic mass is 16.6. The van der Waals surface area contributed by atoms with Gasteiger partial charge >= 0.3 is 17.9 Å². The molecule has 0 heterocycles. The lowest BCUT2D eigenvalue weighted by molar-refractivity contribution is -0.167. The molecule has 376 valence electrons. The van der Waals surface area contributed by atoms with Crippen molar-refractivity contribution in [1.29, 1.82) is 0 Å². The van der Waals surface area contributed by atoms with Crippen molar-refractivity contribution in [1.82, 2.24) is 0 Å². The molecule has 0 rings (SSSR count). The monoisotopic (exact) mass is 909 g/mol. The van der Waals surface area contributed by atoms with Gasteiger partial charge in [-0.05, 0) is 64.2 Å². The summed E-state index contributed by atoms with van der Waals surface area (Å²) >= 11 is 0. The van der Waals surface area contributed by atoms with Gasteiger partial charge in [0, 0.05) is 19.3 Å². The number of unbranched alkanes of at least 4 members (excludes halogenated alkanes) is 32. The average molecular weight is 909 g/mol. The first-order chi connectivity index (χ1) is 32.0. The molecule has 1 atom stereocenters. The largest absolute Gasteiger partial charge is 0.462 e. The van der Waals surface area contributed by atoms with Crippen LogP contribution in [-0.4, -0.2) is 37.2 Å². The Morgan fingerprint density at radius 1 is 0.323 bits per heavy atom. The molecule has 0 bridgehead atoms. The second-order valence-electron chi connectivity index (χ2n) is 18.6. The zero-order valence-corrected chi connectivity index (χ0v) is 43.0. The number of hydrogen-bond acceptors (Lipinski definition) is 6. The van der Waals surface area contributed by atoms with Crippen molar-refractivity contribution in [2.75, 3.05) is 13.2 Å². The van der Waals surface area contributed by atoms with Gasteiger partial charge in [-0.3, -0.25) is 14.4 Å². The quantitative estimate of drug-likeness (QED) is 0.0262. The normalized spacial score (nSPS) is 12.5. The lowest BCUT2D eigenvalue weighted by atomic mass is 10.0. The second-order valence-corrected chi connectivity index (χ2v) is 18.6. The topological polar surface area (TPSA) is 78.9 Å². The summed E-state index contributed by atoms with van der Waals surface area (Å²) in [7, 11) is 0. The lowest BCUT2D eigenvalue weighted by Crippen LogP contribution is -2.30. The van der Waals surface area contributed by atoms with Gasteiger partial charge < -0.3 is 14.2 Å². The summed E-state index contributed by atoms with van der Waals surface area (Å²) < 4.78 is 16.8. The van der Waals surface area contributed by atoms with Gasteiger partial charge in [-0.15, -0.1) is 0 Å². The maximum Gasteiger partial charge on any atom is 0.306 e. The molecule has 0 N–H and O–H groups in total. The van der Waals surface area contributed by atoms with E-state index in [9.17, 15) is 14.4 Å². The molecular formula is C59H104O6. The smallest absolute Gasteiger partial charge is 0.306 e. The van der Waals surface area contributed by atoms with Crippen LogP contribution in [0.4, 0.5) is 0 Å². The summed E-state index contributed by atoms with van der Waals surface area (Å²) in [5.41, 5.74) is 0. The Kier molecular flexibility index (Phi) is 51.3. The van der Waals surface area contributed by atoms with Crippen molar-refractivity contribution >= 4 is 17.9 Å². The van der Waals surface area contributed by atoms with Crippen LogP contribution in [-0.2, 0) is 28.6 Å². The minimum atomic E-state index is -0.794. The number of rotatable bonds is 50. The number of carbonyl (C=O) groups is 3. The van der Waals surface area contributed by atoms with Crippen LogP contribution in [0.1, 0.15) is 278 Å². The molecule has 0 saturated heterocycles. The van der Waals surface area contributed by atoms with E-state index in [1.807, 2.05) is 0 Å². The van der Waals surface area contributed by atoms with Crippen molar-refractivity contribution in [2.45, 2.75) is 284 Å². The standard InChI is InChI=1S/C59H104O6/c1-4-7-10-13-16-19-22-25-27-29-30-32-34-37-40-43-46-49-52-58(61)64-55-56(54-63-57(60)51-48-45-42-39-36-33-24-21-18-15-12-9-6-3)65-59(62)53-50-47-44-41-38-35-31-28-26-23-20-17-14-11-8-5-2/h9,12,15,18,21,24,28,31,35,38,56H,4-8,10-11,13-14,16-17,19-20,22-23,25-27,29-30,32-34,36-37,39-55H2,1-3H3/b12-9-,18-15-,24-21-,31-28-,38-35-. The molecule has 6 nitrogen and oxygen atoms in total. The van der Waals surface area contributed by atoms with Gasteiger partial charge in [0.2, 0.25) is 0 Å². The van der Waals surface area contributed by atoms with E-state index in [4.69, 9.17) is 14.2 Å². The Hall–Kier alpha value is -2.89. The number of ether oxygens (including phenoxy) is 3. The van der Waals surface area contributed by atoms with E-state index in [2.05, 4.69) is 81.5 Å². The fourth-order valence-corrected chi connectivity index (χ4v) is 7.90. The summed E-state index contributed by atoms with van der Waals surface area (Å²) in [5.74, 6) is -0.928. The summed E-state index contributed by atoms with van der Waals surface area (Å²) in [4.78, 5) is 38.1. The molecule has 65 heavy (non-hydrogen) atoms. The first-order valence-electron chi connectivity index (χ1n) is 27.8. The highest BCUT2D eigenvalue weighted by Crippen LogP contribution is 2.16. The molecule has 0 aromatic rings. The molecule has 0 aromatic heterocycles. The molecule has 0 fully saturated rings. The van der Waals surface area contributed by atoms with Crippen LogP contribution in [0.25, 0.3) is 0 Å². The number of esters is 3. The van der Waals surface area contributed by atoms with E-state index in [-0.39, 0.29) is 31.1 Å². The molecule has 1 unspecified atom stereocenters. The maximum atomic E-state index is 12.8. The van der Waals surface area contributed by atoms with E-state index < -0.39 is 6.10 Å². The van der Waals surface area contributed by atoms with Crippen molar-refractivity contribution < 1.29 is 28.6 Å². The summed E-state index contributed by atoms with van der Waals surface area (Å²) in [5, 5.41) is 0. The van der Waals surface area contributed by atoms with E-state index in [0.717, 1.165) is 96.3 Å². The molecular weight excluding hydrogens is 805 g/mol. The van der Waals surface area contributed by atoms with Crippen LogP contribution in [0.15, 0.2) is 60.8 Å². The average Bonchev–Trinajstić information content (AvgIpc) is 3.30. The predicted octanol–water partition coefficient (Wildman–Crippen LogP) is 18.4. The van der Waals surface area contributed by atoms with Gasteiger partial charge in [0.1, 0.15) is 13.2 Å². The molecule has 0 radical (unpaired) electrons. The first kappa shape index (κ1) is 62.1. The van der Waals surface area contributed by atoms with Crippen LogP contribution in [0.5, 0.6) is 0 Å². The molecule has 0 aromatic carbocycles. The van der Waals surface area contributed by atoms with Crippen molar-refractivity contribution in [3.8, 4) is 0 Å². The second kappa shape index (κ2) is 53.7. The van der Waals surface area contributed by atoms with E-state index >= 15 is 0 Å². The first-order valence-corrected chi connectivity index (χ1v) is 27.8. The third-order valence-electron chi connectivity index (χ3n) is 12.1. The van der Waals surface area contributed by atoms with Gasteiger partial charge in [-0.2, -0.15) is 0 Å². The van der Waals surface area contributed by atoms with Crippen molar-refractivity contribution in [2.24, 2.45) is 0 Å². The van der Waals surface area contributed by atoms with Gasteiger partial charge in [0.25, 0.3) is 0 Å². The van der Waals surface area contributed by atoms with Crippen LogP contribution in [0.3, 0.4) is 0 Å². The summed E-state index contributed by atoms with van der Waals surface area (Å²) in [6.45, 7) is 6.49. The summed E-state index contributed by atoms with van der Waals surface area (Å²) in [6, 6.07) is 0. The third-order valence-corrected chi connectivity index (χ3v) is 12.1. The van der Waals surface area contributed by atoms with Gasteiger partial charge in [-0.25, -0.2) is 0 Å². The van der Waals surface area contributed by atoms with Gasteiger partial charge in [0.15, 0.2) is 6.10 Å². The molecule has 6 heteroatoms. The molecule has 0 spiro atoms. The van der Waals surface area contributed by atoms with Crippen molar-refractivity contribution in [3.63, 3.8) is 0 Å². The molecule has 0 aliphatic rings. The SMILES string of the molecule is CC\C=C/C=C\C=C/CCCCCCCC(=O)OCC(COC(=O)CCCCCCCCCCCCCCCCCCCC)OC(=O)CCCCC/C=C\C=C/CCCCCCCCC. The molecule has 0 saturated carbocycles. The Morgan fingerprint density at radius 3 is 0.954 bits per heavy atom. The Labute approximate surface area is 402 Å². The fourth-order valence-electron chi connectivity index (χ4n) is 7.90. The predicted molar refractivity (Wildman–Crippen MR) is 279 cm³/mol. The van der Waals surface area contributed by atoms with Crippen LogP contribution in [0.2, 0.25) is 0 Å². The van der Waals surface area contributed by atoms with E-state index in [1.165, 1.54) is 141 Å². The molecule has 0 amide bonds. The minimum absolute atomic E-state index is 0.0894. The number of allylic oxidation sites excluding steroid dienone is 10. The Morgan fingerprint density at radius 2 is 0.600 bits per heavy atom. The Bertz CT molecular complexity index is 1180. The van der Waals surface area contributed by atoms with E-state index in [1.54, 1.807) is 0 Å². The third kappa shape index (κ3) is 51.9. The zero-order valence-electron chi connectivity index (χ0n) is 43.0. The van der Waals surface area contributed by atoms with E-state index in [0.29, 0.717) is 19.3 Å². The van der Waals surface area contributed by atoms with Gasteiger partial charge in [-0.1, -0.05) is 255 Å². The van der Waals surface area contributed by atoms with Crippen LogP contribution < -0.4 is 0 Å². The molecule has 0 aliphatic carbocycles. The number of hydrogen-bond donors (Lipinski definition) is 0. The van der Waals surface area contributed by atoms with Gasteiger partial charge in [0.05, 0.1) is 0 Å². The van der Waals surface area contributed by atoms with Crippen LogP contribution in [0, 0.1) is 0 Å². The number of carbonyl (C=O) groups excluding carboxylic acids is 3. The lowest BCUT2D eigenvalue weighted by Gasteiger charge is -2.18. The molecule has 0 aliphatic heterocycles. The zero-order chi connectivity index (χ0) is 47.2. The fraction of sp³-hybridized carbons (Fsp3) is 0.780. The minimum Gasteiger partial charge on any atom is -0.462 e. The van der Waals surface area contributed by atoms with Crippen molar-refractivity contribution in [3.05, 3.63) is 60.8 Å². The Balaban J connectivity index is 4.40. The highest BCUT2D eigenvalue weighted by molar-refractivity contribution is 5.71. The summed E-state index contributed by atoms with van der Waals surface area (Å²) in [6.07, 6.45) is 66.4. The highest BCUT2D eigenvalue weighted by Gasteiger charge is 2.19. The maximum absolute atomic E-state index is 12.8.